The van der Waals surface area contributed by atoms with E-state index < -0.39 is 69.3 Å². The van der Waals surface area contributed by atoms with Crippen molar-refractivity contribution < 1.29 is 95.1 Å². The zero-order chi connectivity index (χ0) is 97.2. The monoisotopic (exact) mass is 1950 g/mol. The third kappa shape index (κ3) is 20.2. The molecule has 13 aromatic rings. The number of carbonyl (C=O) groups is 6. The minimum atomic E-state index is -1.64. The lowest BCUT2D eigenvalue weighted by Gasteiger charge is -2.35. The summed E-state index contributed by atoms with van der Waals surface area (Å²) >= 11 is 2.39. The van der Waals surface area contributed by atoms with E-state index >= 15 is 28.8 Å². The number of carbonyl (C=O) groups excluding carboxylic acids is 6. The molecule has 10 atom stereocenters. The van der Waals surface area contributed by atoms with Gasteiger partial charge in [0.1, 0.15) is 59.2 Å². The van der Waals surface area contributed by atoms with Gasteiger partial charge in [-0.3, -0.25) is 48.6 Å². The third-order valence-corrected chi connectivity index (χ3v) is 30.7. The second-order valence-electron chi connectivity index (χ2n) is 42.1. The number of epoxide rings is 8. The van der Waals surface area contributed by atoms with E-state index in [1.807, 2.05) is 158 Å². The number of thiophene rings is 2. The van der Waals surface area contributed by atoms with Gasteiger partial charge in [-0.1, -0.05) is 177 Å². The largest absolute Gasteiger partial charge is 0.459 e. The van der Waals surface area contributed by atoms with E-state index in [0.717, 1.165) is 84.4 Å². The SMILES string of the molecule is CC(C)(CN(CC1CO1)CC1CO1)c1ccc(Oc2cc3c4c(cc(Oc5ccc(C(C)(C)CN(CC6CO6)CC6CO6)cc5)c5c6c(Oc7ccc(C(C)(C)CN(CC8CO8)CC8CO8)cc7)cc7c8c(cc(Oc9ccc(C(C)(C)CN(CC%10CO%10)CC%10CO%10)cc9)c(c2c45)c86)C(=O)N(C(C(=O)OCc2ccccc2)c2cccs2)C7=O)C(=O)N(C(C(=O)OCc2ccccc2)c2cccs2)C3=O)cc1. The van der Waals surface area contributed by atoms with Crippen LogP contribution in [-0.4, -0.2) is 245 Å². The van der Waals surface area contributed by atoms with E-state index in [-0.39, 0.29) is 150 Å². The Hall–Kier alpha value is -11.9. The molecule has 10 aliphatic rings. The van der Waals surface area contributed by atoms with Crippen LogP contribution in [0.4, 0.5) is 0 Å². The second-order valence-corrected chi connectivity index (χ2v) is 44.1. The van der Waals surface area contributed by atoms with E-state index in [1.54, 1.807) is 59.3 Å². The highest BCUT2D eigenvalue weighted by Gasteiger charge is 2.50. The van der Waals surface area contributed by atoms with E-state index in [4.69, 9.17) is 66.3 Å². The molecule has 0 saturated carbocycles. The molecule has 10 aliphatic heterocycles. The minimum absolute atomic E-state index is 0.0382. The highest BCUT2D eigenvalue weighted by atomic mass is 32.1. The minimum Gasteiger partial charge on any atom is -0.459 e. The van der Waals surface area contributed by atoms with Gasteiger partial charge in [-0.2, -0.15) is 0 Å². The topological polar surface area (TPSA) is 277 Å². The summed E-state index contributed by atoms with van der Waals surface area (Å²) < 4.78 is 89.8. The highest BCUT2D eigenvalue weighted by molar-refractivity contribution is 7.10. The van der Waals surface area contributed by atoms with Gasteiger partial charge in [0.2, 0.25) is 0 Å². The molecule has 26 nitrogen and oxygen atoms in total. The number of amides is 4. The van der Waals surface area contributed by atoms with Gasteiger partial charge in [-0.15, -0.1) is 22.7 Å². The Bertz CT molecular complexity index is 6150. The van der Waals surface area contributed by atoms with Crippen LogP contribution < -0.4 is 18.9 Å². The summed E-state index contributed by atoms with van der Waals surface area (Å²) in [5.41, 5.74) is 3.44. The standard InChI is InChI=1S/C114H114N6O20S2/c1-111(2,63-115(45-77-55-127-77)46-78-56-128-78)69-23-31-73(32-24-69)137-89-41-85-95-86(106(122)119(105(85)121)103(93-21-15-39-141-93)109(125)135-53-67-17-11-9-12-18-67)43-91(139-75-35-27-71(28-36-75)113(5,6)65-117(49-81-59-131-81)50-82-60-132-82)99-100-92(140-76-37-29-72(30-38-76)114(7,8)66-118(51-83-61-133-83)52-84-62-134-84)44-88-96-87(107(123)120(108(88)124)104(94-22-16-40-142-94)110(126)136-54-68-19-13-10-14-20-68)42-90(98(102(96)100)97(89)101(95)99)138-74-33-25-70(26-34-74)112(3,4)64-116(47-79-57-129-79)48-80-58-130-80/h9-44,77-84,103-104H,45-66H2,1-8H3. The Kier molecular flexibility index (Phi) is 25.1. The van der Waals surface area contributed by atoms with Crippen molar-refractivity contribution in [3.05, 3.63) is 282 Å². The molecule has 11 aromatic carbocycles. The number of nitrogens with zero attached hydrogens (tertiary/aromatic N) is 6. The molecule has 0 bridgehead atoms. The molecule has 0 N–H and O–H groups in total. The summed E-state index contributed by atoms with van der Waals surface area (Å²) in [7, 11) is 0. The van der Waals surface area contributed by atoms with Crippen molar-refractivity contribution in [3.8, 4) is 46.0 Å². The molecule has 10 unspecified atom stereocenters. The lowest BCUT2D eigenvalue weighted by Crippen LogP contribution is -2.46. The zero-order valence-electron chi connectivity index (χ0n) is 80.8. The van der Waals surface area contributed by atoms with Gasteiger partial charge in [-0.05, 0) is 129 Å². The van der Waals surface area contributed by atoms with Crippen molar-refractivity contribution in [3.63, 3.8) is 0 Å². The lowest BCUT2D eigenvalue weighted by molar-refractivity contribution is -0.150. The predicted octanol–water partition coefficient (Wildman–Crippen LogP) is 18.7. The number of fused-ring (bicyclic) bond motifs is 2. The number of esters is 2. The van der Waals surface area contributed by atoms with Crippen LogP contribution in [-0.2, 0) is 91.8 Å². The van der Waals surface area contributed by atoms with Gasteiger partial charge in [0.25, 0.3) is 23.6 Å². The molecule has 732 valence electrons. The molecule has 28 heteroatoms. The van der Waals surface area contributed by atoms with Crippen LogP contribution in [0.2, 0.25) is 0 Å². The molecule has 0 spiro atoms. The molecule has 142 heavy (non-hydrogen) atoms. The molecule has 4 amide bonds. The van der Waals surface area contributed by atoms with Crippen molar-refractivity contribution >= 4 is 101 Å². The molecule has 12 heterocycles. The fourth-order valence-corrected chi connectivity index (χ4v) is 22.7. The van der Waals surface area contributed by atoms with E-state index in [1.165, 1.54) is 22.7 Å². The van der Waals surface area contributed by atoms with Gasteiger partial charge >= 0.3 is 11.9 Å². The molecular weight excluding hydrogens is 1840 g/mol. The van der Waals surface area contributed by atoms with Gasteiger partial charge in [0, 0.05) is 153 Å². The molecular formula is C114H114N6O20S2. The van der Waals surface area contributed by atoms with E-state index in [9.17, 15) is 0 Å². The smallest absolute Gasteiger partial charge is 0.335 e. The molecule has 8 fully saturated rings. The van der Waals surface area contributed by atoms with Crippen molar-refractivity contribution in [2.75, 3.05) is 131 Å². The summed E-state index contributed by atoms with van der Waals surface area (Å²) in [5, 5.41) is 5.38. The molecule has 8 saturated heterocycles. The summed E-state index contributed by atoms with van der Waals surface area (Å²) in [6.45, 7) is 31.7. The number of hydrogen-bond donors (Lipinski definition) is 0. The van der Waals surface area contributed by atoms with Crippen molar-refractivity contribution in [2.45, 2.75) is 151 Å². The van der Waals surface area contributed by atoms with Crippen molar-refractivity contribution in [1.29, 1.82) is 0 Å². The maximum Gasteiger partial charge on any atom is 0.335 e. The number of ether oxygens (including phenoxy) is 14. The number of benzene rings is 11. The summed E-state index contributed by atoms with van der Waals surface area (Å²) in [5.74, 6) is -3.61. The molecule has 0 aliphatic carbocycles. The van der Waals surface area contributed by atoms with E-state index in [2.05, 4.69) is 75.0 Å². The van der Waals surface area contributed by atoms with Crippen molar-refractivity contribution in [2.24, 2.45) is 0 Å². The normalized spacial score (nSPS) is 20.9. The number of imide groups is 2. The van der Waals surface area contributed by atoms with Gasteiger partial charge < -0.3 is 66.3 Å². The highest BCUT2D eigenvalue weighted by Crippen LogP contribution is 2.60. The Labute approximate surface area is 831 Å². The first kappa shape index (κ1) is 93.7. The lowest BCUT2D eigenvalue weighted by atomic mass is 9.80. The summed E-state index contributed by atoms with van der Waals surface area (Å²) in [6, 6.07) is 60.1. The average Bonchev–Trinajstić information content (AvgIpc) is 1.66. The average molecular weight is 1950 g/mol. The van der Waals surface area contributed by atoms with Crippen LogP contribution >= 0.6 is 22.7 Å². The van der Waals surface area contributed by atoms with Gasteiger partial charge in [0.05, 0.1) is 124 Å². The molecule has 0 radical (unpaired) electrons. The number of rotatable bonds is 46. The first-order valence-corrected chi connectivity index (χ1v) is 51.0. The van der Waals surface area contributed by atoms with Crippen LogP contribution in [0.3, 0.4) is 0 Å². The Balaban J connectivity index is 0.775. The van der Waals surface area contributed by atoms with Crippen LogP contribution in [0.15, 0.2) is 217 Å². The molecule has 2 aromatic heterocycles. The Morgan fingerprint density at radius 1 is 0.310 bits per heavy atom. The quantitative estimate of drug-likeness (QED) is 0.0113. The molecule has 23 rings (SSSR count). The second kappa shape index (κ2) is 38.0. The first-order chi connectivity index (χ1) is 68.7. The van der Waals surface area contributed by atoms with Gasteiger partial charge in [0.15, 0.2) is 12.1 Å². The van der Waals surface area contributed by atoms with E-state index in [0.29, 0.717) is 123 Å². The van der Waals surface area contributed by atoms with Crippen molar-refractivity contribution in [1.82, 2.24) is 29.4 Å². The Morgan fingerprint density at radius 3 is 0.739 bits per heavy atom. The van der Waals surface area contributed by atoms with Crippen LogP contribution in [0, 0.1) is 0 Å². The first-order valence-electron chi connectivity index (χ1n) is 49.3. The van der Waals surface area contributed by atoms with Gasteiger partial charge in [-0.25, -0.2) is 9.59 Å². The maximum absolute atomic E-state index is 17.2. The fourth-order valence-electron chi connectivity index (χ4n) is 21.1. The number of hydrogen-bond acceptors (Lipinski definition) is 26. The zero-order valence-corrected chi connectivity index (χ0v) is 82.4. The summed E-state index contributed by atoms with van der Waals surface area (Å²) in [6.07, 6.45) is 1.10. The van der Waals surface area contributed by atoms with Crippen LogP contribution in [0.1, 0.15) is 152 Å². The Morgan fingerprint density at radius 2 is 0.535 bits per heavy atom. The predicted molar refractivity (Wildman–Crippen MR) is 537 cm³/mol. The van der Waals surface area contributed by atoms with Crippen LogP contribution in [0.25, 0.3) is 43.1 Å². The third-order valence-electron chi connectivity index (χ3n) is 28.8. The fraction of sp³-hybridized carbons (Fsp3) is 0.386. The van der Waals surface area contributed by atoms with Crippen LogP contribution in [0.5, 0.6) is 46.0 Å². The maximum atomic E-state index is 17.2. The summed E-state index contributed by atoms with van der Waals surface area (Å²) in [4.78, 5) is 112.